The highest BCUT2D eigenvalue weighted by molar-refractivity contribution is 5.82. The van der Waals surface area contributed by atoms with Crippen molar-refractivity contribution in [2.45, 2.75) is 0 Å². The Labute approximate surface area is 103 Å². The van der Waals surface area contributed by atoms with Gasteiger partial charge in [0.05, 0.1) is 17.3 Å². The molecule has 0 unspecified atom stereocenters. The maximum atomic E-state index is 9.13. The number of rotatable bonds is 2. The molecular formula is C14H9N3O. The fourth-order valence-electron chi connectivity index (χ4n) is 1.76. The van der Waals surface area contributed by atoms with Crippen LogP contribution in [-0.4, -0.2) is 10.2 Å². The zero-order chi connectivity index (χ0) is 12.4. The van der Waals surface area contributed by atoms with Crippen LogP contribution in [0.25, 0.3) is 10.9 Å². The van der Waals surface area contributed by atoms with Gasteiger partial charge in [0.25, 0.3) is 0 Å². The summed E-state index contributed by atoms with van der Waals surface area (Å²) in [6.07, 6.45) is 1.70. The molecule has 0 spiro atoms. The summed E-state index contributed by atoms with van der Waals surface area (Å²) in [6, 6.07) is 15.1. The molecule has 4 nitrogen and oxygen atoms in total. The summed E-state index contributed by atoms with van der Waals surface area (Å²) < 4.78 is 5.71. The summed E-state index contributed by atoms with van der Waals surface area (Å²) in [5.74, 6) is 1.24. The van der Waals surface area contributed by atoms with Crippen LogP contribution in [0.5, 0.6) is 11.5 Å². The number of nitriles is 1. The number of hydrogen-bond acceptors (Lipinski definition) is 3. The first-order valence-corrected chi connectivity index (χ1v) is 5.47. The van der Waals surface area contributed by atoms with Crippen molar-refractivity contribution in [1.29, 1.82) is 5.26 Å². The monoisotopic (exact) mass is 235 g/mol. The molecule has 86 valence electrons. The number of nitrogens with one attached hydrogen (secondary N) is 1. The van der Waals surface area contributed by atoms with Gasteiger partial charge in [0, 0.05) is 5.39 Å². The van der Waals surface area contributed by atoms with Crippen molar-refractivity contribution < 1.29 is 4.74 Å². The molecule has 3 rings (SSSR count). The van der Waals surface area contributed by atoms with Crippen molar-refractivity contribution in [2.24, 2.45) is 0 Å². The smallest absolute Gasteiger partial charge is 0.145 e. The third-order valence-corrected chi connectivity index (χ3v) is 2.63. The Morgan fingerprint density at radius 3 is 2.78 bits per heavy atom. The summed E-state index contributed by atoms with van der Waals surface area (Å²) in [5.41, 5.74) is 1.31. The van der Waals surface area contributed by atoms with Crippen LogP contribution in [0.2, 0.25) is 0 Å². The fraction of sp³-hybridized carbons (Fsp3) is 0. The number of H-pyrrole nitrogens is 1. The van der Waals surface area contributed by atoms with Crippen LogP contribution in [0.15, 0.2) is 48.7 Å². The van der Waals surface area contributed by atoms with Crippen LogP contribution in [-0.2, 0) is 0 Å². The van der Waals surface area contributed by atoms with Gasteiger partial charge in [0.15, 0.2) is 0 Å². The Bertz CT molecular complexity index is 726. The second-order valence-corrected chi connectivity index (χ2v) is 3.83. The van der Waals surface area contributed by atoms with Gasteiger partial charge in [-0.25, -0.2) is 0 Å². The summed E-state index contributed by atoms with van der Waals surface area (Å²) in [4.78, 5) is 0. The van der Waals surface area contributed by atoms with Crippen LogP contribution >= 0.6 is 0 Å². The standard InChI is InChI=1S/C14H9N3O/c15-8-10-6-13-11(9-16-17-13)7-14(10)18-12-4-2-1-3-5-12/h1-7,9H,(H,16,17). The van der Waals surface area contributed by atoms with Gasteiger partial charge in [0.1, 0.15) is 17.6 Å². The predicted octanol–water partition coefficient (Wildman–Crippen LogP) is 3.23. The van der Waals surface area contributed by atoms with Gasteiger partial charge < -0.3 is 4.74 Å². The van der Waals surface area contributed by atoms with Crippen molar-refractivity contribution in [3.8, 4) is 17.6 Å². The molecule has 0 amide bonds. The van der Waals surface area contributed by atoms with Crippen molar-refractivity contribution >= 4 is 10.9 Å². The van der Waals surface area contributed by atoms with Crippen LogP contribution in [0.3, 0.4) is 0 Å². The van der Waals surface area contributed by atoms with Gasteiger partial charge in [-0.3, -0.25) is 5.10 Å². The second-order valence-electron chi connectivity index (χ2n) is 3.83. The van der Waals surface area contributed by atoms with Gasteiger partial charge >= 0.3 is 0 Å². The van der Waals surface area contributed by atoms with Crippen molar-refractivity contribution in [1.82, 2.24) is 10.2 Å². The molecule has 3 aromatic rings. The van der Waals surface area contributed by atoms with Crippen LogP contribution in [0, 0.1) is 11.3 Å². The molecule has 0 atom stereocenters. The molecule has 1 N–H and O–H groups in total. The first-order chi connectivity index (χ1) is 8.86. The summed E-state index contributed by atoms with van der Waals surface area (Å²) >= 11 is 0. The number of aromatic nitrogens is 2. The van der Waals surface area contributed by atoms with E-state index in [1.165, 1.54) is 0 Å². The average Bonchev–Trinajstić information content (AvgIpc) is 2.86. The van der Waals surface area contributed by atoms with E-state index in [0.29, 0.717) is 17.1 Å². The van der Waals surface area contributed by atoms with Crippen molar-refractivity contribution in [2.75, 3.05) is 0 Å². The summed E-state index contributed by atoms with van der Waals surface area (Å²) in [7, 11) is 0. The highest BCUT2D eigenvalue weighted by Gasteiger charge is 2.08. The molecule has 0 radical (unpaired) electrons. The van der Waals surface area contributed by atoms with E-state index in [-0.39, 0.29) is 0 Å². The number of nitrogens with zero attached hydrogens (tertiary/aromatic N) is 2. The molecule has 0 saturated carbocycles. The molecule has 4 heteroatoms. The van der Waals surface area contributed by atoms with E-state index in [0.717, 1.165) is 10.9 Å². The average molecular weight is 235 g/mol. The molecule has 0 bridgehead atoms. The highest BCUT2D eigenvalue weighted by Crippen LogP contribution is 2.28. The third-order valence-electron chi connectivity index (χ3n) is 2.63. The van der Waals surface area contributed by atoms with E-state index in [2.05, 4.69) is 16.3 Å². The molecule has 0 fully saturated rings. The van der Waals surface area contributed by atoms with Crippen LogP contribution < -0.4 is 4.74 Å². The lowest BCUT2D eigenvalue weighted by molar-refractivity contribution is 0.482. The molecule has 1 aromatic heterocycles. The molecule has 0 aliphatic heterocycles. The van der Waals surface area contributed by atoms with Gasteiger partial charge in [-0.05, 0) is 24.3 Å². The number of aromatic amines is 1. The van der Waals surface area contributed by atoms with Gasteiger partial charge in [-0.15, -0.1) is 0 Å². The molecule has 0 aliphatic rings. The van der Waals surface area contributed by atoms with Crippen LogP contribution in [0.1, 0.15) is 5.56 Å². The Kier molecular flexibility index (Phi) is 2.43. The molecular weight excluding hydrogens is 226 g/mol. The lowest BCUT2D eigenvalue weighted by Crippen LogP contribution is -1.88. The Balaban J connectivity index is 2.08. The minimum absolute atomic E-state index is 0.482. The Morgan fingerprint density at radius 2 is 2.00 bits per heavy atom. The van der Waals surface area contributed by atoms with E-state index >= 15 is 0 Å². The number of fused-ring (bicyclic) bond motifs is 1. The van der Waals surface area contributed by atoms with Crippen molar-refractivity contribution in [3.05, 3.63) is 54.2 Å². The maximum absolute atomic E-state index is 9.13. The first kappa shape index (κ1) is 10.4. The number of benzene rings is 2. The third kappa shape index (κ3) is 1.78. The Hall–Kier alpha value is -2.80. The topological polar surface area (TPSA) is 61.7 Å². The number of hydrogen-bond donors (Lipinski definition) is 1. The van der Waals surface area contributed by atoms with Crippen LogP contribution in [0.4, 0.5) is 0 Å². The highest BCUT2D eigenvalue weighted by atomic mass is 16.5. The quantitative estimate of drug-likeness (QED) is 0.741. The van der Waals surface area contributed by atoms with Gasteiger partial charge in [-0.2, -0.15) is 10.4 Å². The SMILES string of the molecule is N#Cc1cc2[nH]ncc2cc1Oc1ccccc1. The minimum Gasteiger partial charge on any atom is -0.456 e. The maximum Gasteiger partial charge on any atom is 0.145 e. The normalized spacial score (nSPS) is 10.2. The van der Waals surface area contributed by atoms with Crippen molar-refractivity contribution in [3.63, 3.8) is 0 Å². The minimum atomic E-state index is 0.482. The van der Waals surface area contributed by atoms with Gasteiger partial charge in [-0.1, -0.05) is 18.2 Å². The predicted molar refractivity (Wildman–Crippen MR) is 67.3 cm³/mol. The lowest BCUT2D eigenvalue weighted by Gasteiger charge is -2.07. The summed E-state index contributed by atoms with van der Waals surface area (Å²) in [5, 5.41) is 16.8. The largest absolute Gasteiger partial charge is 0.456 e. The molecule has 1 heterocycles. The molecule has 0 saturated heterocycles. The molecule has 2 aromatic carbocycles. The van der Waals surface area contributed by atoms with E-state index in [1.807, 2.05) is 36.4 Å². The van der Waals surface area contributed by atoms with Gasteiger partial charge in [0.2, 0.25) is 0 Å². The van der Waals surface area contributed by atoms with E-state index < -0.39 is 0 Å². The zero-order valence-corrected chi connectivity index (χ0v) is 9.42. The van der Waals surface area contributed by atoms with E-state index in [1.54, 1.807) is 12.3 Å². The second kappa shape index (κ2) is 4.22. The molecule has 0 aliphatic carbocycles. The lowest BCUT2D eigenvalue weighted by atomic mass is 10.1. The number of para-hydroxylation sites is 1. The summed E-state index contributed by atoms with van der Waals surface area (Å²) in [6.45, 7) is 0. The number of ether oxygens (including phenoxy) is 1. The molecule has 18 heavy (non-hydrogen) atoms. The van der Waals surface area contributed by atoms with E-state index in [4.69, 9.17) is 10.00 Å². The fourth-order valence-corrected chi connectivity index (χ4v) is 1.76. The van der Waals surface area contributed by atoms with E-state index in [9.17, 15) is 0 Å². The Morgan fingerprint density at radius 1 is 1.17 bits per heavy atom. The zero-order valence-electron chi connectivity index (χ0n) is 9.42. The first-order valence-electron chi connectivity index (χ1n) is 5.47.